The van der Waals surface area contributed by atoms with Crippen molar-refractivity contribution in [2.24, 2.45) is 0 Å². The Morgan fingerprint density at radius 2 is 1.68 bits per heavy atom. The fourth-order valence-corrected chi connectivity index (χ4v) is 2.87. The highest BCUT2D eigenvalue weighted by Crippen LogP contribution is 2.23. The normalized spacial score (nSPS) is 14.6. The second-order valence-electron chi connectivity index (χ2n) is 6.26. The van der Waals surface area contributed by atoms with Gasteiger partial charge in [0.2, 0.25) is 0 Å². The van der Waals surface area contributed by atoms with Crippen LogP contribution in [-0.4, -0.2) is 37.5 Å². The minimum Gasteiger partial charge on any atom is -0.497 e. The van der Waals surface area contributed by atoms with E-state index in [1.165, 1.54) is 5.56 Å². The van der Waals surface area contributed by atoms with E-state index in [-0.39, 0.29) is 6.61 Å². The smallest absolute Gasteiger partial charge is 0.119 e. The summed E-state index contributed by atoms with van der Waals surface area (Å²) in [6.45, 7) is 5.15. The Bertz CT molecular complexity index is 600. The predicted molar refractivity (Wildman–Crippen MR) is 101 cm³/mol. The number of aliphatic hydroxyl groups is 1. The number of aliphatic hydroxyl groups excluding tert-OH is 1. The van der Waals surface area contributed by atoms with Gasteiger partial charge in [0.1, 0.15) is 24.2 Å². The van der Waals surface area contributed by atoms with E-state index in [0.717, 1.165) is 17.9 Å². The van der Waals surface area contributed by atoms with Gasteiger partial charge < -0.3 is 19.9 Å². The Balaban J connectivity index is 1.81. The van der Waals surface area contributed by atoms with Crippen molar-refractivity contribution in [2.45, 2.75) is 38.3 Å². The molecule has 3 unspecified atom stereocenters. The van der Waals surface area contributed by atoms with E-state index in [4.69, 9.17) is 9.47 Å². The van der Waals surface area contributed by atoms with E-state index in [9.17, 15) is 5.11 Å². The molecule has 0 aliphatic rings. The maximum absolute atomic E-state index is 10.2. The molecule has 0 saturated carbocycles. The first-order valence-corrected chi connectivity index (χ1v) is 8.87. The highest BCUT2D eigenvalue weighted by molar-refractivity contribution is 5.29. The number of methoxy groups -OCH3 is 1. The third kappa shape index (κ3) is 6.07. The minimum atomic E-state index is -0.544. The molecule has 2 aromatic carbocycles. The highest BCUT2D eigenvalue weighted by Gasteiger charge is 2.18. The Kier molecular flexibility index (Phi) is 7.76. The molecule has 0 radical (unpaired) electrons. The van der Waals surface area contributed by atoms with Gasteiger partial charge in [0.05, 0.1) is 7.11 Å². The first-order chi connectivity index (χ1) is 12.1. The fraction of sp³-hybridized carbons (Fsp3) is 0.429. The monoisotopic (exact) mass is 343 g/mol. The Labute approximate surface area is 150 Å². The molecule has 0 aliphatic heterocycles. The maximum Gasteiger partial charge on any atom is 0.119 e. The maximum atomic E-state index is 10.2. The van der Waals surface area contributed by atoms with Gasteiger partial charge in [-0.3, -0.25) is 0 Å². The number of benzene rings is 2. The van der Waals surface area contributed by atoms with Crippen LogP contribution in [0.25, 0.3) is 0 Å². The molecule has 0 fully saturated rings. The van der Waals surface area contributed by atoms with Crippen molar-refractivity contribution in [2.75, 3.05) is 20.3 Å². The van der Waals surface area contributed by atoms with Crippen LogP contribution in [0, 0.1) is 0 Å². The van der Waals surface area contributed by atoms with E-state index in [1.54, 1.807) is 7.11 Å². The summed E-state index contributed by atoms with van der Waals surface area (Å²) in [5, 5.41) is 13.6. The second kappa shape index (κ2) is 10.1. The van der Waals surface area contributed by atoms with Crippen LogP contribution in [0.1, 0.15) is 31.7 Å². The Morgan fingerprint density at radius 3 is 2.28 bits per heavy atom. The van der Waals surface area contributed by atoms with Gasteiger partial charge in [0.15, 0.2) is 0 Å². The van der Waals surface area contributed by atoms with E-state index < -0.39 is 6.10 Å². The molecule has 0 aromatic heterocycles. The van der Waals surface area contributed by atoms with Crippen molar-refractivity contribution in [3.05, 3.63) is 60.2 Å². The zero-order chi connectivity index (χ0) is 18.1. The average Bonchev–Trinajstić information content (AvgIpc) is 2.67. The molecule has 0 spiro atoms. The molecule has 136 valence electrons. The number of ether oxygens (including phenoxy) is 2. The largest absolute Gasteiger partial charge is 0.497 e. The molecule has 4 nitrogen and oxygen atoms in total. The summed E-state index contributed by atoms with van der Waals surface area (Å²) in [6, 6.07) is 18.0. The first kappa shape index (κ1) is 19.3. The van der Waals surface area contributed by atoms with Gasteiger partial charge in [-0.2, -0.15) is 0 Å². The van der Waals surface area contributed by atoms with Crippen LogP contribution in [0.3, 0.4) is 0 Å². The molecular weight excluding hydrogens is 314 g/mol. The van der Waals surface area contributed by atoms with Gasteiger partial charge in [-0.05, 0) is 42.2 Å². The van der Waals surface area contributed by atoms with Crippen LogP contribution in [0.15, 0.2) is 54.6 Å². The molecular formula is C21H29NO3. The lowest BCUT2D eigenvalue weighted by Crippen LogP contribution is -2.40. The second-order valence-corrected chi connectivity index (χ2v) is 6.26. The van der Waals surface area contributed by atoms with Gasteiger partial charge in [-0.15, -0.1) is 0 Å². The SMILES string of the molecule is CCC(NCC(O)COc1ccccc1)C(C)c1ccc(OC)cc1. The van der Waals surface area contributed by atoms with Gasteiger partial charge >= 0.3 is 0 Å². The molecule has 0 amide bonds. The van der Waals surface area contributed by atoms with E-state index in [1.807, 2.05) is 42.5 Å². The van der Waals surface area contributed by atoms with Crippen molar-refractivity contribution in [3.8, 4) is 11.5 Å². The van der Waals surface area contributed by atoms with Crippen LogP contribution in [-0.2, 0) is 0 Å². The molecule has 2 N–H and O–H groups in total. The number of para-hydroxylation sites is 1. The van der Waals surface area contributed by atoms with Crippen LogP contribution >= 0.6 is 0 Å². The number of nitrogens with one attached hydrogen (secondary N) is 1. The van der Waals surface area contributed by atoms with E-state index in [0.29, 0.717) is 18.5 Å². The molecule has 0 aliphatic carbocycles. The highest BCUT2D eigenvalue weighted by atomic mass is 16.5. The van der Waals surface area contributed by atoms with E-state index >= 15 is 0 Å². The van der Waals surface area contributed by atoms with Gasteiger partial charge in [0.25, 0.3) is 0 Å². The topological polar surface area (TPSA) is 50.7 Å². The third-order valence-corrected chi connectivity index (χ3v) is 4.49. The van der Waals surface area contributed by atoms with Crippen molar-refractivity contribution in [1.82, 2.24) is 5.32 Å². The number of rotatable bonds is 10. The van der Waals surface area contributed by atoms with Crippen molar-refractivity contribution in [3.63, 3.8) is 0 Å². The lowest BCUT2D eigenvalue weighted by Gasteiger charge is -2.26. The molecule has 25 heavy (non-hydrogen) atoms. The van der Waals surface area contributed by atoms with Gasteiger partial charge in [-0.25, -0.2) is 0 Å². The summed E-state index contributed by atoms with van der Waals surface area (Å²) in [5.74, 6) is 1.99. The lowest BCUT2D eigenvalue weighted by atomic mass is 9.91. The van der Waals surface area contributed by atoms with Crippen LogP contribution in [0.5, 0.6) is 11.5 Å². The van der Waals surface area contributed by atoms with Crippen molar-refractivity contribution >= 4 is 0 Å². The summed E-state index contributed by atoms with van der Waals surface area (Å²) in [5.41, 5.74) is 1.26. The summed E-state index contributed by atoms with van der Waals surface area (Å²) in [4.78, 5) is 0. The number of hydrogen-bond acceptors (Lipinski definition) is 4. The zero-order valence-corrected chi connectivity index (χ0v) is 15.3. The van der Waals surface area contributed by atoms with Crippen LogP contribution < -0.4 is 14.8 Å². The molecule has 3 atom stereocenters. The van der Waals surface area contributed by atoms with Gasteiger partial charge in [-0.1, -0.05) is 44.2 Å². The van der Waals surface area contributed by atoms with Crippen LogP contribution in [0.4, 0.5) is 0 Å². The zero-order valence-electron chi connectivity index (χ0n) is 15.3. The summed E-state index contributed by atoms with van der Waals surface area (Å²) < 4.78 is 10.8. The fourth-order valence-electron chi connectivity index (χ4n) is 2.87. The van der Waals surface area contributed by atoms with Crippen LogP contribution in [0.2, 0.25) is 0 Å². The summed E-state index contributed by atoms with van der Waals surface area (Å²) in [6.07, 6.45) is 0.441. The van der Waals surface area contributed by atoms with E-state index in [2.05, 4.69) is 31.3 Å². The quantitative estimate of drug-likeness (QED) is 0.692. The van der Waals surface area contributed by atoms with Crippen molar-refractivity contribution < 1.29 is 14.6 Å². The van der Waals surface area contributed by atoms with Crippen molar-refractivity contribution in [1.29, 1.82) is 0 Å². The predicted octanol–water partition coefficient (Wildman–Crippen LogP) is 3.61. The Hall–Kier alpha value is -2.04. The third-order valence-electron chi connectivity index (χ3n) is 4.49. The summed E-state index contributed by atoms with van der Waals surface area (Å²) in [7, 11) is 1.67. The van der Waals surface area contributed by atoms with Gasteiger partial charge in [0, 0.05) is 12.6 Å². The molecule has 4 heteroatoms. The molecule has 0 bridgehead atoms. The lowest BCUT2D eigenvalue weighted by molar-refractivity contribution is 0.102. The Morgan fingerprint density at radius 1 is 1.00 bits per heavy atom. The molecule has 0 saturated heterocycles. The molecule has 0 heterocycles. The standard InChI is InChI=1S/C21H29NO3/c1-4-21(16(2)17-10-12-19(24-3)13-11-17)22-14-18(23)15-25-20-8-6-5-7-9-20/h5-13,16,18,21-23H,4,14-15H2,1-3H3. The number of hydrogen-bond donors (Lipinski definition) is 2. The molecule has 2 rings (SSSR count). The first-order valence-electron chi connectivity index (χ1n) is 8.87. The minimum absolute atomic E-state index is 0.282. The average molecular weight is 343 g/mol. The summed E-state index contributed by atoms with van der Waals surface area (Å²) >= 11 is 0. The molecule has 2 aromatic rings.